The molecule has 5 heterocycles. The number of esters is 2. The lowest BCUT2D eigenvalue weighted by Gasteiger charge is -2.58. The van der Waals surface area contributed by atoms with E-state index in [-0.39, 0.29) is 66.9 Å². The van der Waals surface area contributed by atoms with Crippen LogP contribution in [0.1, 0.15) is 84.5 Å². The Labute approximate surface area is 316 Å². The first-order valence-electron chi connectivity index (χ1n) is 20.1. The van der Waals surface area contributed by atoms with Crippen molar-refractivity contribution in [2.45, 2.75) is 131 Å². The number of carbonyl (C=O) groups is 3. The van der Waals surface area contributed by atoms with Gasteiger partial charge in [-0.3, -0.25) is 15.3 Å². The molecule has 11 nitrogen and oxygen atoms in total. The fourth-order valence-corrected chi connectivity index (χ4v) is 15.2. The van der Waals surface area contributed by atoms with E-state index in [9.17, 15) is 19.5 Å². The van der Waals surface area contributed by atoms with E-state index in [0.717, 1.165) is 50.9 Å². The van der Waals surface area contributed by atoms with Gasteiger partial charge in [-0.15, -0.1) is 0 Å². The second-order valence-corrected chi connectivity index (χ2v) is 20.0. The number of carbonyl (C=O) groups excluding carboxylic acids is 3. The number of aliphatic hydroxyl groups is 1. The van der Waals surface area contributed by atoms with Crippen molar-refractivity contribution in [1.82, 2.24) is 4.90 Å². The average molecular weight is 761 g/mol. The van der Waals surface area contributed by atoms with Crippen LogP contribution in [0.5, 0.6) is 0 Å². The Morgan fingerprint density at radius 2 is 2.02 bits per heavy atom. The summed E-state index contributed by atoms with van der Waals surface area (Å²) in [6.45, 7) is 5.37. The van der Waals surface area contributed by atoms with E-state index in [1.54, 1.807) is 6.08 Å². The summed E-state index contributed by atoms with van der Waals surface area (Å²) in [6, 6.07) is 0.885. The van der Waals surface area contributed by atoms with Crippen LogP contribution in [0, 0.1) is 35.5 Å². The molecule has 8 rings (SSSR count). The minimum atomic E-state index is -0.999. The number of rotatable bonds is 5. The van der Waals surface area contributed by atoms with E-state index >= 15 is 0 Å². The third-order valence-corrected chi connectivity index (χ3v) is 17.6. The lowest BCUT2D eigenvalue weighted by Crippen LogP contribution is -2.96. The van der Waals surface area contributed by atoms with Crippen LogP contribution in [0.4, 0.5) is 0 Å². The Morgan fingerprint density at radius 3 is 2.81 bits per heavy atom. The third kappa shape index (κ3) is 6.39. The first-order valence-corrected chi connectivity index (χ1v) is 22.5. The van der Waals surface area contributed by atoms with Gasteiger partial charge in [-0.1, -0.05) is 39.3 Å². The summed E-state index contributed by atoms with van der Waals surface area (Å²) in [6.07, 6.45) is 11.6. The molecule has 0 aromatic rings. The SMILES string of the molecule is CC=C(CCO)C(=O)O[C@@]1(C)CC=C2CSS[C@@H]3CC[C@@H]([NH2+]C)[C@@H]4CN(C(=O)CC5C[NH2+]C(N)CC5[C@@H]2[C@@]12CC1CC5CCC(=O)OC5CC1O2)[C@H]43. The number of amides is 1. The maximum Gasteiger partial charge on any atom is 0.334 e. The van der Waals surface area contributed by atoms with Crippen molar-refractivity contribution in [3.63, 3.8) is 0 Å². The van der Waals surface area contributed by atoms with Crippen molar-refractivity contribution in [3.8, 4) is 0 Å². The second kappa shape index (κ2) is 14.8. The molecule has 0 bridgehead atoms. The number of piperidine rings is 1. The Balaban J connectivity index is 1.19. The van der Waals surface area contributed by atoms with Crippen molar-refractivity contribution >= 4 is 39.4 Å². The van der Waals surface area contributed by atoms with Gasteiger partial charge in [0.1, 0.15) is 23.5 Å². The fourth-order valence-electron chi connectivity index (χ4n) is 12.0. The third-order valence-electron chi connectivity index (χ3n) is 14.8. The van der Waals surface area contributed by atoms with Crippen molar-refractivity contribution in [2.75, 3.05) is 32.5 Å². The maximum absolute atomic E-state index is 14.4. The van der Waals surface area contributed by atoms with E-state index in [2.05, 4.69) is 35.6 Å². The lowest BCUT2D eigenvalue weighted by atomic mass is 9.56. The Morgan fingerprint density at radius 1 is 1.17 bits per heavy atom. The largest absolute Gasteiger partial charge is 0.462 e. The first-order chi connectivity index (χ1) is 25.1. The molecule has 1 amide bonds. The van der Waals surface area contributed by atoms with Gasteiger partial charge in [0.2, 0.25) is 5.91 Å². The number of hydrogen-bond donors (Lipinski definition) is 4. The Bertz CT molecular complexity index is 1480. The van der Waals surface area contributed by atoms with Crippen molar-refractivity contribution < 1.29 is 44.3 Å². The number of quaternary nitrogens is 2. The van der Waals surface area contributed by atoms with Crippen LogP contribution in [-0.2, 0) is 28.6 Å². The lowest BCUT2D eigenvalue weighted by molar-refractivity contribution is -0.706. The first kappa shape index (κ1) is 37.3. The summed E-state index contributed by atoms with van der Waals surface area (Å²) >= 11 is 0. The number of allylic oxidation sites excluding steroid dienone is 1. The van der Waals surface area contributed by atoms with Gasteiger partial charge in [-0.25, -0.2) is 4.79 Å². The van der Waals surface area contributed by atoms with Crippen LogP contribution >= 0.6 is 21.6 Å². The number of ether oxygens (including phenoxy) is 3. The van der Waals surface area contributed by atoms with Gasteiger partial charge < -0.3 is 34.9 Å². The summed E-state index contributed by atoms with van der Waals surface area (Å²) < 4.78 is 20.2. The quantitative estimate of drug-likeness (QED) is 0.140. The minimum Gasteiger partial charge on any atom is -0.462 e. The van der Waals surface area contributed by atoms with E-state index in [1.807, 2.05) is 28.5 Å². The van der Waals surface area contributed by atoms with Crippen molar-refractivity contribution in [2.24, 2.45) is 41.2 Å². The average Bonchev–Trinajstić information content (AvgIpc) is 3.47. The number of aliphatic hydroxyl groups excluding tert-OH is 1. The van der Waals surface area contributed by atoms with E-state index in [4.69, 9.17) is 19.9 Å². The van der Waals surface area contributed by atoms with E-state index in [0.29, 0.717) is 60.4 Å². The molecule has 14 atom stereocenters. The van der Waals surface area contributed by atoms with E-state index in [1.165, 1.54) is 12.0 Å². The highest BCUT2D eigenvalue weighted by atomic mass is 33.1. The highest BCUT2D eigenvalue weighted by Gasteiger charge is 2.68. The zero-order chi connectivity index (χ0) is 36.4. The monoisotopic (exact) mass is 760 g/mol. The molecule has 7 N–H and O–H groups in total. The highest BCUT2D eigenvalue weighted by Crippen LogP contribution is 2.62. The van der Waals surface area contributed by atoms with Crippen LogP contribution in [-0.4, -0.2) is 107 Å². The van der Waals surface area contributed by atoms with Crippen LogP contribution in [0.15, 0.2) is 23.3 Å². The Kier molecular flexibility index (Phi) is 10.6. The van der Waals surface area contributed by atoms with Gasteiger partial charge in [0, 0.05) is 86.5 Å². The predicted molar refractivity (Wildman–Crippen MR) is 198 cm³/mol. The van der Waals surface area contributed by atoms with Gasteiger partial charge >= 0.3 is 11.9 Å². The normalized spacial score (nSPS) is 46.1. The van der Waals surface area contributed by atoms with Gasteiger partial charge in [0.05, 0.1) is 37.7 Å². The summed E-state index contributed by atoms with van der Waals surface area (Å²) in [5.74, 6) is 1.75. The standard InChI is InChI=1S/C39H58N4O7S2/c1-4-21(10-12-44)37(47)50-38(2)11-9-23-20-51-52-31-7-6-28(41-3)27-19-43(36(27)31)33(45)14-25-18-42-32(40)15-26(25)35(23)39(38)17-24-13-22-5-8-34(46)48-29(22)16-30(24)49-39/h4,9,22,24-32,35-36,41-42,44H,5-8,10-20,40H2,1-3H3/p+2/t22?,24?,25?,26?,27-,28+,29?,30?,31+,32?,35+,36+,38-,39-/m0/s1. The molecule has 1 spiro atoms. The fraction of sp³-hybridized carbons (Fsp3) is 0.821. The van der Waals surface area contributed by atoms with Gasteiger partial charge in [-0.05, 0) is 57.3 Å². The molecule has 52 heavy (non-hydrogen) atoms. The zero-order valence-electron chi connectivity index (χ0n) is 31.1. The number of fused-ring (bicyclic) bond motifs is 6. The van der Waals surface area contributed by atoms with Crippen molar-refractivity contribution in [3.05, 3.63) is 23.3 Å². The molecule has 0 radical (unpaired) electrons. The van der Waals surface area contributed by atoms with Gasteiger partial charge in [0.25, 0.3) is 0 Å². The summed E-state index contributed by atoms with van der Waals surface area (Å²) in [4.78, 5) is 43.0. The number of hydrogen-bond acceptors (Lipinski definition) is 10. The van der Waals surface area contributed by atoms with Gasteiger partial charge in [0.15, 0.2) is 0 Å². The molecule has 8 aliphatic rings. The molecule has 3 aliphatic carbocycles. The number of nitrogens with two attached hydrogens (primary N) is 3. The highest BCUT2D eigenvalue weighted by molar-refractivity contribution is 8.77. The molecule has 7 unspecified atom stereocenters. The molecule has 7 fully saturated rings. The van der Waals surface area contributed by atoms with Crippen LogP contribution in [0.2, 0.25) is 0 Å². The summed E-state index contributed by atoms with van der Waals surface area (Å²) in [5, 5.41) is 14.8. The number of nitrogens with zero attached hydrogens (tertiary/aromatic N) is 1. The van der Waals surface area contributed by atoms with Gasteiger partial charge in [-0.2, -0.15) is 0 Å². The molecular weight excluding hydrogens is 701 g/mol. The smallest absolute Gasteiger partial charge is 0.334 e. The van der Waals surface area contributed by atoms with Crippen LogP contribution in [0.3, 0.4) is 0 Å². The topological polar surface area (TPSA) is 162 Å². The zero-order valence-corrected chi connectivity index (χ0v) is 32.7. The molecule has 288 valence electrons. The second-order valence-electron chi connectivity index (χ2n) is 17.3. The van der Waals surface area contributed by atoms with Crippen molar-refractivity contribution in [1.29, 1.82) is 0 Å². The van der Waals surface area contributed by atoms with Crippen LogP contribution < -0.4 is 16.4 Å². The molecule has 2 saturated carbocycles. The molecular formula is C39H60N4O7S2+2. The van der Waals surface area contributed by atoms with Crippen LogP contribution in [0.25, 0.3) is 0 Å². The maximum atomic E-state index is 14.4. The molecule has 0 aromatic carbocycles. The summed E-state index contributed by atoms with van der Waals surface area (Å²) in [7, 11) is 6.09. The molecule has 13 heteroatoms. The Hall–Kier alpha value is -1.61. The van der Waals surface area contributed by atoms with E-state index < -0.39 is 17.2 Å². The molecule has 5 aliphatic heterocycles. The molecule has 0 aromatic heterocycles. The minimum absolute atomic E-state index is 0.0633. The summed E-state index contributed by atoms with van der Waals surface area (Å²) in [5.41, 5.74) is 6.76. The predicted octanol–water partition coefficient (Wildman–Crippen LogP) is 1.64. The molecule has 5 saturated heterocycles.